The lowest BCUT2D eigenvalue weighted by molar-refractivity contribution is -0.132. The number of rotatable bonds is 4. The maximum absolute atomic E-state index is 11.7. The lowest BCUT2D eigenvalue weighted by atomic mass is 9.99. The third-order valence-electron chi connectivity index (χ3n) is 2.70. The number of nitrogens with zero attached hydrogens (tertiary/aromatic N) is 2. The summed E-state index contributed by atoms with van der Waals surface area (Å²) in [6, 6.07) is 2.24. The molecule has 0 bridgehead atoms. The molecule has 0 saturated carbocycles. The normalized spacial score (nSPS) is 21.1. The van der Waals surface area contributed by atoms with Gasteiger partial charge in [0.15, 0.2) is 0 Å². The Bertz CT molecular complexity index is 247. The second kappa shape index (κ2) is 6.41. The Balaban J connectivity index is 2.29. The topological polar surface area (TPSA) is 53.3 Å². The van der Waals surface area contributed by atoms with Crippen LogP contribution >= 0.6 is 0 Å². The maximum Gasteiger partial charge on any atom is 0.222 e. The molecule has 0 aromatic heterocycles. The molecule has 0 N–H and O–H groups in total. The summed E-state index contributed by atoms with van der Waals surface area (Å²) >= 11 is 0. The summed E-state index contributed by atoms with van der Waals surface area (Å²) in [5, 5.41) is 8.80. The largest absolute Gasteiger partial charge is 0.385 e. The predicted octanol–water partition coefficient (Wildman–Crippen LogP) is 1.18. The molecule has 1 atom stereocenters. The van der Waals surface area contributed by atoms with Crippen LogP contribution in [0, 0.1) is 17.2 Å². The highest BCUT2D eigenvalue weighted by Crippen LogP contribution is 2.16. The summed E-state index contributed by atoms with van der Waals surface area (Å²) in [5.41, 5.74) is 0. The summed E-state index contributed by atoms with van der Waals surface area (Å²) < 4.78 is 4.90. The Morgan fingerprint density at radius 3 is 3.13 bits per heavy atom. The van der Waals surface area contributed by atoms with Gasteiger partial charge in [-0.05, 0) is 19.3 Å². The SMILES string of the molecule is COCCCC(=O)N1CCCC(C#N)C1. The number of ether oxygens (including phenoxy) is 1. The van der Waals surface area contributed by atoms with Crippen LogP contribution in [0.15, 0.2) is 0 Å². The van der Waals surface area contributed by atoms with Crippen LogP contribution in [0.25, 0.3) is 0 Å². The molecule has 0 radical (unpaired) electrons. The molecule has 1 unspecified atom stereocenters. The van der Waals surface area contributed by atoms with Crippen molar-refractivity contribution in [2.45, 2.75) is 25.7 Å². The fraction of sp³-hybridized carbons (Fsp3) is 0.818. The average Bonchev–Trinajstić information content (AvgIpc) is 2.29. The minimum absolute atomic E-state index is 0.0325. The number of likely N-dealkylation sites (tertiary alicyclic amines) is 1. The van der Waals surface area contributed by atoms with Crippen LogP contribution in [-0.2, 0) is 9.53 Å². The highest BCUT2D eigenvalue weighted by molar-refractivity contribution is 5.76. The van der Waals surface area contributed by atoms with Crippen molar-refractivity contribution in [3.05, 3.63) is 0 Å². The smallest absolute Gasteiger partial charge is 0.222 e. The lowest BCUT2D eigenvalue weighted by Gasteiger charge is -2.29. The molecule has 0 aromatic carbocycles. The van der Waals surface area contributed by atoms with Gasteiger partial charge in [-0.2, -0.15) is 5.26 Å². The number of amides is 1. The third kappa shape index (κ3) is 3.88. The predicted molar refractivity (Wildman–Crippen MR) is 56.0 cm³/mol. The van der Waals surface area contributed by atoms with E-state index in [2.05, 4.69) is 6.07 Å². The second-order valence-electron chi connectivity index (χ2n) is 3.90. The van der Waals surface area contributed by atoms with E-state index >= 15 is 0 Å². The van der Waals surface area contributed by atoms with E-state index < -0.39 is 0 Å². The van der Waals surface area contributed by atoms with Crippen molar-refractivity contribution in [1.82, 2.24) is 4.90 Å². The Kier molecular flexibility index (Phi) is 5.13. The molecule has 1 aliphatic heterocycles. The number of nitriles is 1. The van der Waals surface area contributed by atoms with E-state index in [1.165, 1.54) is 0 Å². The van der Waals surface area contributed by atoms with Gasteiger partial charge in [0.05, 0.1) is 12.0 Å². The Hall–Kier alpha value is -1.08. The van der Waals surface area contributed by atoms with Crippen LogP contribution in [-0.4, -0.2) is 37.6 Å². The van der Waals surface area contributed by atoms with E-state index in [9.17, 15) is 4.79 Å². The average molecular weight is 210 g/mol. The number of piperidine rings is 1. The van der Waals surface area contributed by atoms with Crippen molar-refractivity contribution in [1.29, 1.82) is 5.26 Å². The van der Waals surface area contributed by atoms with E-state index in [0.717, 1.165) is 25.8 Å². The van der Waals surface area contributed by atoms with Gasteiger partial charge in [-0.25, -0.2) is 0 Å². The Labute approximate surface area is 90.8 Å². The van der Waals surface area contributed by atoms with Crippen LogP contribution in [0.2, 0.25) is 0 Å². The summed E-state index contributed by atoms with van der Waals surface area (Å²) in [6.07, 6.45) is 3.18. The van der Waals surface area contributed by atoms with Crippen molar-refractivity contribution in [2.24, 2.45) is 5.92 Å². The van der Waals surface area contributed by atoms with Gasteiger partial charge < -0.3 is 9.64 Å². The first-order chi connectivity index (χ1) is 7.27. The van der Waals surface area contributed by atoms with Crippen molar-refractivity contribution in [3.63, 3.8) is 0 Å². The van der Waals surface area contributed by atoms with Gasteiger partial charge >= 0.3 is 0 Å². The molecule has 15 heavy (non-hydrogen) atoms. The van der Waals surface area contributed by atoms with Crippen molar-refractivity contribution < 1.29 is 9.53 Å². The number of hydrogen-bond acceptors (Lipinski definition) is 3. The van der Waals surface area contributed by atoms with Gasteiger partial charge in [-0.15, -0.1) is 0 Å². The number of hydrogen-bond donors (Lipinski definition) is 0. The zero-order valence-electron chi connectivity index (χ0n) is 9.24. The minimum atomic E-state index is 0.0325. The Morgan fingerprint density at radius 2 is 2.47 bits per heavy atom. The molecule has 0 aliphatic carbocycles. The molecule has 0 aromatic rings. The quantitative estimate of drug-likeness (QED) is 0.655. The monoisotopic (exact) mass is 210 g/mol. The van der Waals surface area contributed by atoms with E-state index in [1.807, 2.05) is 4.90 Å². The molecular weight excluding hydrogens is 192 g/mol. The standard InChI is InChI=1S/C11H18N2O2/c1-15-7-3-5-11(14)13-6-2-4-10(8-12)9-13/h10H,2-7,9H2,1H3. The molecule has 4 heteroatoms. The summed E-state index contributed by atoms with van der Waals surface area (Å²) in [6.45, 7) is 2.05. The fourth-order valence-corrected chi connectivity index (χ4v) is 1.83. The zero-order valence-corrected chi connectivity index (χ0v) is 9.24. The van der Waals surface area contributed by atoms with Gasteiger partial charge in [0.25, 0.3) is 0 Å². The van der Waals surface area contributed by atoms with E-state index in [0.29, 0.717) is 19.6 Å². The zero-order chi connectivity index (χ0) is 11.1. The highest BCUT2D eigenvalue weighted by atomic mass is 16.5. The Morgan fingerprint density at radius 1 is 1.67 bits per heavy atom. The molecule has 4 nitrogen and oxygen atoms in total. The fourth-order valence-electron chi connectivity index (χ4n) is 1.83. The first-order valence-electron chi connectivity index (χ1n) is 5.44. The summed E-state index contributed by atoms with van der Waals surface area (Å²) in [5.74, 6) is 0.192. The summed E-state index contributed by atoms with van der Waals surface area (Å²) in [4.78, 5) is 13.5. The second-order valence-corrected chi connectivity index (χ2v) is 3.90. The first-order valence-corrected chi connectivity index (χ1v) is 5.44. The maximum atomic E-state index is 11.7. The number of methoxy groups -OCH3 is 1. The number of carbonyl (C=O) groups excluding carboxylic acids is 1. The van der Waals surface area contributed by atoms with Crippen LogP contribution in [0.4, 0.5) is 0 Å². The van der Waals surface area contributed by atoms with Crippen molar-refractivity contribution in [3.8, 4) is 6.07 Å². The molecule has 1 amide bonds. The molecule has 1 fully saturated rings. The summed E-state index contributed by atoms with van der Waals surface area (Å²) in [7, 11) is 1.64. The van der Waals surface area contributed by atoms with Gasteiger partial charge in [0, 0.05) is 33.2 Å². The minimum Gasteiger partial charge on any atom is -0.385 e. The van der Waals surface area contributed by atoms with E-state index in [-0.39, 0.29) is 11.8 Å². The van der Waals surface area contributed by atoms with Crippen LogP contribution < -0.4 is 0 Å². The highest BCUT2D eigenvalue weighted by Gasteiger charge is 2.22. The van der Waals surface area contributed by atoms with Gasteiger partial charge in [0.2, 0.25) is 5.91 Å². The first kappa shape index (κ1) is 12.0. The van der Waals surface area contributed by atoms with Crippen LogP contribution in [0.3, 0.4) is 0 Å². The molecule has 1 saturated heterocycles. The molecule has 1 aliphatic rings. The molecule has 1 rings (SSSR count). The van der Waals surface area contributed by atoms with Gasteiger partial charge in [-0.3, -0.25) is 4.79 Å². The van der Waals surface area contributed by atoms with Crippen LogP contribution in [0.1, 0.15) is 25.7 Å². The van der Waals surface area contributed by atoms with Gasteiger partial charge in [0.1, 0.15) is 0 Å². The molecular formula is C11H18N2O2. The van der Waals surface area contributed by atoms with E-state index in [1.54, 1.807) is 7.11 Å². The third-order valence-corrected chi connectivity index (χ3v) is 2.70. The number of carbonyl (C=O) groups is 1. The van der Waals surface area contributed by atoms with Crippen molar-refractivity contribution in [2.75, 3.05) is 26.8 Å². The molecule has 84 valence electrons. The van der Waals surface area contributed by atoms with Crippen molar-refractivity contribution >= 4 is 5.91 Å². The van der Waals surface area contributed by atoms with E-state index in [4.69, 9.17) is 10.00 Å². The van der Waals surface area contributed by atoms with Gasteiger partial charge in [-0.1, -0.05) is 0 Å². The molecule has 1 heterocycles. The molecule has 0 spiro atoms. The van der Waals surface area contributed by atoms with Crippen LogP contribution in [0.5, 0.6) is 0 Å². The lowest BCUT2D eigenvalue weighted by Crippen LogP contribution is -2.39.